The number of anilines is 1. The largest absolute Gasteiger partial charge is 0.496 e. The van der Waals surface area contributed by atoms with Crippen LogP contribution in [0.25, 0.3) is 11.1 Å². The molecule has 1 N–H and O–H groups in total. The smallest absolute Gasteiger partial charge is 0.328 e. The molecule has 0 spiro atoms. The van der Waals surface area contributed by atoms with Gasteiger partial charge < -0.3 is 28.6 Å². The topological polar surface area (TPSA) is 123 Å². The van der Waals surface area contributed by atoms with Crippen LogP contribution in [0.3, 0.4) is 0 Å². The summed E-state index contributed by atoms with van der Waals surface area (Å²) < 4.78 is 20.1. The molecule has 0 saturated carbocycles. The SMILES string of the molecule is CCCn1cc(-c2cc(OC)c(CCN3CCC(OC4CCN(C(=O)c5ccc(Cl)c(N6CCC(=O)NC6=O)c5)CC4)CC3)c(OC)c2)cc(C)c1=O. The number of nitrogens with zero attached hydrogens (tertiary/aromatic N) is 4. The molecule has 12 nitrogen and oxygen atoms in total. The van der Waals surface area contributed by atoms with Crippen molar-refractivity contribution in [3.05, 3.63) is 74.7 Å². The van der Waals surface area contributed by atoms with E-state index in [0.29, 0.717) is 41.5 Å². The number of ether oxygens (including phenoxy) is 3. The molecule has 13 heteroatoms. The lowest BCUT2D eigenvalue weighted by atomic mass is 9.99. The van der Waals surface area contributed by atoms with Gasteiger partial charge in [0.25, 0.3) is 11.5 Å². The Morgan fingerprint density at radius 1 is 0.868 bits per heavy atom. The third-order valence-corrected chi connectivity index (χ3v) is 10.9. The van der Waals surface area contributed by atoms with Crippen LogP contribution in [0.2, 0.25) is 5.02 Å². The third kappa shape index (κ3) is 8.88. The molecule has 3 aliphatic rings. The van der Waals surface area contributed by atoms with E-state index in [2.05, 4.69) is 17.1 Å². The number of halogens is 1. The quantitative estimate of drug-likeness (QED) is 0.251. The van der Waals surface area contributed by atoms with Crippen molar-refractivity contribution in [3.63, 3.8) is 0 Å². The average molecular weight is 748 g/mol. The molecule has 3 aromatic rings. The number of rotatable bonds is 12. The van der Waals surface area contributed by atoms with Gasteiger partial charge in [0.1, 0.15) is 11.5 Å². The summed E-state index contributed by atoms with van der Waals surface area (Å²) in [4.78, 5) is 55.7. The monoisotopic (exact) mass is 747 g/mol. The van der Waals surface area contributed by atoms with Crippen molar-refractivity contribution < 1.29 is 28.6 Å². The number of pyridine rings is 1. The Kier molecular flexibility index (Phi) is 12.4. The Bertz CT molecular complexity index is 1860. The fraction of sp³-hybridized carbons (Fsp3) is 0.500. The van der Waals surface area contributed by atoms with Gasteiger partial charge in [-0.05, 0) is 93.0 Å². The summed E-state index contributed by atoms with van der Waals surface area (Å²) >= 11 is 6.39. The number of likely N-dealkylation sites (tertiary alicyclic amines) is 2. The van der Waals surface area contributed by atoms with Crippen LogP contribution in [0.15, 0.2) is 47.4 Å². The molecule has 0 radical (unpaired) electrons. The fourth-order valence-corrected chi connectivity index (χ4v) is 7.80. The summed E-state index contributed by atoms with van der Waals surface area (Å²) in [6.45, 7) is 8.71. The first-order valence-corrected chi connectivity index (χ1v) is 19.0. The molecule has 6 rings (SSSR count). The highest BCUT2D eigenvalue weighted by Crippen LogP contribution is 2.36. The Morgan fingerprint density at radius 2 is 1.53 bits per heavy atom. The maximum absolute atomic E-state index is 13.4. The zero-order chi connectivity index (χ0) is 37.6. The first-order chi connectivity index (χ1) is 25.6. The Hall–Kier alpha value is -4.39. The molecule has 4 heterocycles. The maximum Gasteiger partial charge on any atom is 0.328 e. The predicted octanol–water partition coefficient (Wildman–Crippen LogP) is 5.68. The molecular formula is C40H50ClN5O7. The number of aromatic nitrogens is 1. The highest BCUT2D eigenvalue weighted by atomic mass is 35.5. The first kappa shape index (κ1) is 38.3. The van der Waals surface area contributed by atoms with Crippen molar-refractivity contribution in [2.45, 2.75) is 77.5 Å². The molecule has 53 heavy (non-hydrogen) atoms. The summed E-state index contributed by atoms with van der Waals surface area (Å²) in [6.07, 6.45) is 7.45. The minimum atomic E-state index is -0.539. The summed E-state index contributed by atoms with van der Waals surface area (Å²) in [6, 6.07) is 10.4. The van der Waals surface area contributed by atoms with Gasteiger partial charge in [0.15, 0.2) is 0 Å². The number of carbonyl (C=O) groups excluding carboxylic acids is 3. The van der Waals surface area contributed by atoms with E-state index in [1.54, 1.807) is 37.0 Å². The molecule has 0 aliphatic carbocycles. The molecule has 0 atom stereocenters. The number of amides is 4. The van der Waals surface area contributed by atoms with Crippen molar-refractivity contribution >= 4 is 35.1 Å². The number of methoxy groups -OCH3 is 2. The van der Waals surface area contributed by atoms with Crippen molar-refractivity contribution in [1.82, 2.24) is 19.7 Å². The van der Waals surface area contributed by atoms with Gasteiger partial charge in [0.2, 0.25) is 5.91 Å². The van der Waals surface area contributed by atoms with Crippen LogP contribution in [0.5, 0.6) is 11.5 Å². The molecule has 0 bridgehead atoms. The number of carbonyl (C=O) groups is 3. The fourth-order valence-electron chi connectivity index (χ4n) is 7.58. The van der Waals surface area contributed by atoms with Crippen LogP contribution < -0.4 is 25.2 Å². The van der Waals surface area contributed by atoms with E-state index in [0.717, 1.165) is 86.3 Å². The van der Waals surface area contributed by atoms with E-state index in [1.165, 1.54) is 4.90 Å². The van der Waals surface area contributed by atoms with Crippen molar-refractivity contribution in [2.75, 3.05) is 58.4 Å². The molecule has 284 valence electrons. The number of hydrogen-bond donors (Lipinski definition) is 1. The maximum atomic E-state index is 13.4. The van der Waals surface area contributed by atoms with Gasteiger partial charge in [-0.15, -0.1) is 0 Å². The molecule has 3 aliphatic heterocycles. The van der Waals surface area contributed by atoms with Crippen molar-refractivity contribution in [1.29, 1.82) is 0 Å². The molecule has 3 saturated heterocycles. The number of imide groups is 1. The second-order valence-electron chi connectivity index (χ2n) is 14.1. The number of urea groups is 1. The van der Waals surface area contributed by atoms with E-state index in [4.69, 9.17) is 25.8 Å². The lowest BCUT2D eigenvalue weighted by Crippen LogP contribution is -2.49. The van der Waals surface area contributed by atoms with Gasteiger partial charge in [-0.2, -0.15) is 0 Å². The van der Waals surface area contributed by atoms with Crippen molar-refractivity contribution in [3.8, 4) is 22.6 Å². The van der Waals surface area contributed by atoms with Gasteiger partial charge in [-0.1, -0.05) is 18.5 Å². The van der Waals surface area contributed by atoms with Gasteiger partial charge in [-0.25, -0.2) is 4.79 Å². The van der Waals surface area contributed by atoms with Crippen LogP contribution in [0.4, 0.5) is 10.5 Å². The molecule has 1 aromatic heterocycles. The lowest BCUT2D eigenvalue weighted by molar-refractivity contribution is -0.120. The van der Waals surface area contributed by atoms with Crippen LogP contribution in [-0.2, 0) is 22.5 Å². The number of piperidine rings is 2. The van der Waals surface area contributed by atoms with E-state index in [9.17, 15) is 19.2 Å². The lowest BCUT2D eigenvalue weighted by Gasteiger charge is -2.37. The summed E-state index contributed by atoms with van der Waals surface area (Å²) in [5.41, 5.74) is 4.56. The molecule has 3 fully saturated rings. The Balaban J connectivity index is 0.986. The number of nitrogens with one attached hydrogen (secondary N) is 1. The third-order valence-electron chi connectivity index (χ3n) is 10.5. The summed E-state index contributed by atoms with van der Waals surface area (Å²) in [5.74, 6) is 1.11. The number of hydrogen-bond acceptors (Lipinski definition) is 8. The van der Waals surface area contributed by atoms with Gasteiger partial charge in [0, 0.05) is 75.1 Å². The van der Waals surface area contributed by atoms with E-state index >= 15 is 0 Å². The Morgan fingerprint density at radius 3 is 2.15 bits per heavy atom. The number of aryl methyl sites for hydroxylation is 2. The zero-order valence-electron chi connectivity index (χ0n) is 31.1. The van der Waals surface area contributed by atoms with Crippen LogP contribution in [0, 0.1) is 6.92 Å². The van der Waals surface area contributed by atoms with Crippen LogP contribution in [0.1, 0.15) is 66.9 Å². The molecule has 0 unspecified atom stereocenters. The minimum Gasteiger partial charge on any atom is -0.496 e. The predicted molar refractivity (Wildman–Crippen MR) is 204 cm³/mol. The highest BCUT2D eigenvalue weighted by Gasteiger charge is 2.30. The minimum absolute atomic E-state index is 0.0378. The normalized spacial score (nSPS) is 17.6. The summed E-state index contributed by atoms with van der Waals surface area (Å²) in [5, 5.41) is 2.65. The summed E-state index contributed by atoms with van der Waals surface area (Å²) in [7, 11) is 3.37. The average Bonchev–Trinajstić information content (AvgIpc) is 3.16. The first-order valence-electron chi connectivity index (χ1n) is 18.6. The van der Waals surface area contributed by atoms with Crippen LogP contribution in [-0.4, -0.2) is 97.9 Å². The number of benzene rings is 2. The second-order valence-corrected chi connectivity index (χ2v) is 14.5. The Labute approximate surface area is 315 Å². The standard InChI is InChI=1S/C40H50ClN5O7/c1-5-14-45-25-29(21-26(2)38(45)48)28-23-35(51-3)32(36(24-28)52-4)12-17-43-15-8-30(9-16-43)53-31-10-18-44(19-11-31)39(49)27-6-7-33(41)34(22-27)46-20-13-37(47)42-40(46)50/h6-7,21-25,30-31H,5,8-20H2,1-4H3,(H,42,47,50). The van der Waals surface area contributed by atoms with E-state index in [-0.39, 0.29) is 42.5 Å². The van der Waals surface area contributed by atoms with Gasteiger partial charge in [-0.3, -0.25) is 24.6 Å². The second kappa shape index (κ2) is 17.2. The zero-order valence-corrected chi connectivity index (χ0v) is 31.9. The van der Waals surface area contributed by atoms with E-state index in [1.807, 2.05) is 36.2 Å². The highest BCUT2D eigenvalue weighted by molar-refractivity contribution is 6.34. The van der Waals surface area contributed by atoms with Gasteiger partial charge >= 0.3 is 6.03 Å². The molecule has 2 aromatic carbocycles. The molecular weight excluding hydrogens is 698 g/mol. The van der Waals surface area contributed by atoms with Gasteiger partial charge in [0.05, 0.1) is 37.1 Å². The molecule has 4 amide bonds. The van der Waals surface area contributed by atoms with E-state index < -0.39 is 6.03 Å². The van der Waals surface area contributed by atoms with Crippen molar-refractivity contribution in [2.24, 2.45) is 0 Å². The van der Waals surface area contributed by atoms with Crippen LogP contribution >= 0.6 is 11.6 Å².